The van der Waals surface area contributed by atoms with Crippen molar-refractivity contribution >= 4 is 16.7 Å². The SMILES string of the molecule is CNCC(=O)c1cn(C)c2ccc(OC(C)C)cc12. The quantitative estimate of drug-likeness (QED) is 0.839. The lowest BCUT2D eigenvalue weighted by molar-refractivity contribution is 0.0995. The summed E-state index contributed by atoms with van der Waals surface area (Å²) in [7, 11) is 3.72. The Hall–Kier alpha value is -1.81. The maximum absolute atomic E-state index is 12.1. The molecule has 1 aromatic heterocycles. The van der Waals surface area contributed by atoms with Gasteiger partial charge in [0.25, 0.3) is 0 Å². The highest BCUT2D eigenvalue weighted by molar-refractivity contribution is 6.09. The Labute approximate surface area is 113 Å². The average molecular weight is 260 g/mol. The highest BCUT2D eigenvalue weighted by atomic mass is 16.5. The van der Waals surface area contributed by atoms with Crippen LogP contribution in [0.4, 0.5) is 0 Å². The van der Waals surface area contributed by atoms with Crippen molar-refractivity contribution in [3.63, 3.8) is 0 Å². The second-order valence-corrected chi connectivity index (χ2v) is 4.95. The van der Waals surface area contributed by atoms with Gasteiger partial charge in [-0.15, -0.1) is 0 Å². The monoisotopic (exact) mass is 260 g/mol. The molecule has 4 nitrogen and oxygen atoms in total. The highest BCUT2D eigenvalue weighted by Crippen LogP contribution is 2.26. The van der Waals surface area contributed by atoms with Crippen LogP contribution in [-0.4, -0.2) is 30.0 Å². The number of aromatic nitrogens is 1. The number of carbonyl (C=O) groups excluding carboxylic acids is 1. The number of aryl methyl sites for hydroxylation is 1. The van der Waals surface area contributed by atoms with Gasteiger partial charge in [0.15, 0.2) is 5.78 Å². The summed E-state index contributed by atoms with van der Waals surface area (Å²) < 4.78 is 7.66. The molecule has 0 saturated heterocycles. The van der Waals surface area contributed by atoms with Gasteiger partial charge < -0.3 is 14.6 Å². The molecule has 2 rings (SSSR count). The summed E-state index contributed by atoms with van der Waals surface area (Å²) in [5.41, 5.74) is 1.77. The second kappa shape index (κ2) is 5.45. The Bertz CT molecular complexity index is 599. The van der Waals surface area contributed by atoms with Crippen LogP contribution in [0.15, 0.2) is 24.4 Å². The van der Waals surface area contributed by atoms with Crippen molar-refractivity contribution in [2.75, 3.05) is 13.6 Å². The van der Waals surface area contributed by atoms with Crippen molar-refractivity contribution in [1.82, 2.24) is 9.88 Å². The molecule has 0 bridgehead atoms. The molecule has 0 atom stereocenters. The fourth-order valence-electron chi connectivity index (χ4n) is 2.19. The van der Waals surface area contributed by atoms with Gasteiger partial charge in [0, 0.05) is 29.7 Å². The first-order valence-electron chi connectivity index (χ1n) is 6.46. The smallest absolute Gasteiger partial charge is 0.178 e. The van der Waals surface area contributed by atoms with E-state index >= 15 is 0 Å². The first-order chi connectivity index (χ1) is 9.02. The van der Waals surface area contributed by atoms with Crippen LogP contribution in [0.5, 0.6) is 5.75 Å². The highest BCUT2D eigenvalue weighted by Gasteiger charge is 2.14. The molecule has 0 aliphatic heterocycles. The first kappa shape index (κ1) is 13.6. The maximum Gasteiger partial charge on any atom is 0.178 e. The molecule has 4 heteroatoms. The molecule has 0 unspecified atom stereocenters. The predicted molar refractivity (Wildman–Crippen MR) is 76.9 cm³/mol. The molecular formula is C15H20N2O2. The van der Waals surface area contributed by atoms with E-state index in [0.29, 0.717) is 6.54 Å². The van der Waals surface area contributed by atoms with Crippen molar-refractivity contribution in [2.45, 2.75) is 20.0 Å². The fraction of sp³-hybridized carbons (Fsp3) is 0.400. The Kier molecular flexibility index (Phi) is 3.90. The number of rotatable bonds is 5. The minimum atomic E-state index is 0.0924. The third-order valence-electron chi connectivity index (χ3n) is 2.97. The van der Waals surface area contributed by atoms with Crippen molar-refractivity contribution in [1.29, 1.82) is 0 Å². The zero-order valence-electron chi connectivity index (χ0n) is 11.9. The Morgan fingerprint density at radius 2 is 2.16 bits per heavy atom. The van der Waals surface area contributed by atoms with Crippen LogP contribution in [0.3, 0.4) is 0 Å². The van der Waals surface area contributed by atoms with E-state index in [1.165, 1.54) is 0 Å². The molecular weight excluding hydrogens is 240 g/mol. The van der Waals surface area contributed by atoms with E-state index in [1.54, 1.807) is 7.05 Å². The third kappa shape index (κ3) is 2.79. The molecule has 1 heterocycles. The summed E-state index contributed by atoms with van der Waals surface area (Å²) in [5, 5.41) is 3.84. The Morgan fingerprint density at radius 1 is 1.42 bits per heavy atom. The molecule has 0 saturated carbocycles. The van der Waals surface area contributed by atoms with Gasteiger partial charge in [0.1, 0.15) is 5.75 Å². The lowest BCUT2D eigenvalue weighted by Crippen LogP contribution is -2.18. The van der Waals surface area contributed by atoms with Crippen LogP contribution in [-0.2, 0) is 7.05 Å². The van der Waals surface area contributed by atoms with Gasteiger partial charge >= 0.3 is 0 Å². The summed E-state index contributed by atoms with van der Waals surface area (Å²) in [6.07, 6.45) is 2.00. The number of carbonyl (C=O) groups is 1. The van der Waals surface area contributed by atoms with Crippen LogP contribution in [0.2, 0.25) is 0 Å². The minimum absolute atomic E-state index is 0.0924. The molecule has 0 amide bonds. The van der Waals surface area contributed by atoms with E-state index in [4.69, 9.17) is 4.74 Å². The molecule has 0 aliphatic rings. The Morgan fingerprint density at radius 3 is 2.79 bits per heavy atom. The number of hydrogen-bond donors (Lipinski definition) is 1. The second-order valence-electron chi connectivity index (χ2n) is 4.95. The van der Waals surface area contributed by atoms with E-state index < -0.39 is 0 Å². The molecule has 1 aromatic carbocycles. The lowest BCUT2D eigenvalue weighted by atomic mass is 10.1. The summed E-state index contributed by atoms with van der Waals surface area (Å²) >= 11 is 0. The van der Waals surface area contributed by atoms with Gasteiger partial charge in [0.05, 0.1) is 12.6 Å². The maximum atomic E-state index is 12.1. The summed E-state index contributed by atoms with van der Waals surface area (Å²) in [6, 6.07) is 5.87. The fourth-order valence-corrected chi connectivity index (χ4v) is 2.19. The number of hydrogen-bond acceptors (Lipinski definition) is 3. The molecule has 0 radical (unpaired) electrons. The molecule has 2 aromatic rings. The van der Waals surface area contributed by atoms with Crippen LogP contribution in [0.25, 0.3) is 10.9 Å². The Balaban J connectivity index is 2.49. The topological polar surface area (TPSA) is 43.3 Å². The number of likely N-dealkylation sites (N-methyl/N-ethyl adjacent to an activating group) is 1. The third-order valence-corrected chi connectivity index (χ3v) is 2.97. The summed E-state index contributed by atoms with van der Waals surface area (Å²) in [6.45, 7) is 4.32. The van der Waals surface area contributed by atoms with Gasteiger partial charge in [-0.1, -0.05) is 0 Å². The van der Waals surface area contributed by atoms with Crippen molar-refractivity contribution < 1.29 is 9.53 Å². The minimum Gasteiger partial charge on any atom is -0.491 e. The van der Waals surface area contributed by atoms with Gasteiger partial charge in [-0.2, -0.15) is 0 Å². The molecule has 1 N–H and O–H groups in total. The van der Waals surface area contributed by atoms with E-state index in [9.17, 15) is 4.79 Å². The van der Waals surface area contributed by atoms with E-state index in [1.807, 2.05) is 49.9 Å². The molecule has 19 heavy (non-hydrogen) atoms. The molecule has 0 aliphatic carbocycles. The number of benzene rings is 1. The van der Waals surface area contributed by atoms with E-state index in [2.05, 4.69) is 5.32 Å². The first-order valence-corrected chi connectivity index (χ1v) is 6.46. The van der Waals surface area contributed by atoms with Gasteiger partial charge in [-0.05, 0) is 39.1 Å². The summed E-state index contributed by atoms with van der Waals surface area (Å²) in [5.74, 6) is 0.891. The number of nitrogens with one attached hydrogen (secondary N) is 1. The lowest BCUT2D eigenvalue weighted by Gasteiger charge is -2.10. The van der Waals surface area contributed by atoms with Crippen LogP contribution >= 0.6 is 0 Å². The van der Waals surface area contributed by atoms with E-state index in [-0.39, 0.29) is 11.9 Å². The number of nitrogens with zero attached hydrogens (tertiary/aromatic N) is 1. The number of fused-ring (bicyclic) bond motifs is 1. The number of ketones is 1. The van der Waals surface area contributed by atoms with Crippen LogP contribution < -0.4 is 10.1 Å². The van der Waals surface area contributed by atoms with Gasteiger partial charge in [0.2, 0.25) is 0 Å². The van der Waals surface area contributed by atoms with Crippen molar-refractivity contribution in [3.8, 4) is 5.75 Å². The molecule has 0 fully saturated rings. The van der Waals surface area contributed by atoms with E-state index in [0.717, 1.165) is 22.2 Å². The average Bonchev–Trinajstić information content (AvgIpc) is 2.66. The molecule has 0 spiro atoms. The van der Waals surface area contributed by atoms with Crippen LogP contribution in [0.1, 0.15) is 24.2 Å². The normalized spacial score (nSPS) is 11.2. The largest absolute Gasteiger partial charge is 0.491 e. The number of ether oxygens (including phenoxy) is 1. The zero-order valence-corrected chi connectivity index (χ0v) is 11.9. The number of Topliss-reactive ketones (excluding diaryl/α,β-unsaturated/α-hetero) is 1. The van der Waals surface area contributed by atoms with Crippen molar-refractivity contribution in [3.05, 3.63) is 30.0 Å². The molecule has 102 valence electrons. The van der Waals surface area contributed by atoms with Crippen LogP contribution in [0, 0.1) is 0 Å². The van der Waals surface area contributed by atoms with Crippen molar-refractivity contribution in [2.24, 2.45) is 7.05 Å². The van der Waals surface area contributed by atoms with Gasteiger partial charge in [-0.3, -0.25) is 4.79 Å². The zero-order chi connectivity index (χ0) is 14.0. The predicted octanol–water partition coefficient (Wildman–Crippen LogP) is 2.37. The summed E-state index contributed by atoms with van der Waals surface area (Å²) in [4.78, 5) is 12.1. The van der Waals surface area contributed by atoms with Gasteiger partial charge in [-0.25, -0.2) is 0 Å². The standard InChI is InChI=1S/C15H20N2O2/c1-10(2)19-11-5-6-14-12(7-11)13(9-17(14)4)15(18)8-16-3/h5-7,9-10,16H,8H2,1-4H3.